The minimum atomic E-state index is -3.48. The second-order valence-electron chi connectivity index (χ2n) is 6.96. The molecule has 2 amide bonds. The fraction of sp³-hybridized carbons (Fsp3) is 0.400. The average molecular weight is 436 g/mol. The van der Waals surface area contributed by atoms with E-state index in [9.17, 15) is 18.0 Å². The maximum absolute atomic E-state index is 12.7. The van der Waals surface area contributed by atoms with E-state index in [1.165, 1.54) is 22.9 Å². The zero-order chi connectivity index (χ0) is 21.6. The van der Waals surface area contributed by atoms with Gasteiger partial charge in [0, 0.05) is 19.6 Å². The third kappa shape index (κ3) is 5.68. The summed E-state index contributed by atoms with van der Waals surface area (Å²) < 4.78 is 36.9. The summed E-state index contributed by atoms with van der Waals surface area (Å²) in [6, 6.07) is 7.81. The number of morpholine rings is 1. The number of amides is 2. The predicted octanol–water partition coefficient (Wildman–Crippen LogP) is 0.876. The summed E-state index contributed by atoms with van der Waals surface area (Å²) in [6.07, 6.45) is 2.67. The van der Waals surface area contributed by atoms with Crippen LogP contribution in [-0.4, -0.2) is 56.9 Å². The van der Waals surface area contributed by atoms with Crippen LogP contribution in [0.2, 0.25) is 0 Å². The van der Waals surface area contributed by atoms with Crippen molar-refractivity contribution in [2.45, 2.75) is 25.3 Å². The number of hydrogen-bond donors (Lipinski definition) is 2. The molecule has 0 saturated carbocycles. The van der Waals surface area contributed by atoms with E-state index in [1.807, 2.05) is 0 Å². The number of nitrogens with zero attached hydrogens (tertiary/aromatic N) is 1. The molecule has 0 spiro atoms. The molecular weight excluding hydrogens is 410 g/mol. The van der Waals surface area contributed by atoms with Crippen molar-refractivity contribution in [3.05, 3.63) is 59.5 Å². The van der Waals surface area contributed by atoms with Gasteiger partial charge >= 0.3 is 0 Å². The first-order chi connectivity index (χ1) is 14.4. The van der Waals surface area contributed by atoms with E-state index in [1.54, 1.807) is 31.2 Å². The van der Waals surface area contributed by atoms with Gasteiger partial charge in [-0.1, -0.05) is 24.3 Å². The molecule has 1 aliphatic rings. The summed E-state index contributed by atoms with van der Waals surface area (Å²) in [5.41, 5.74) is 1.66. The highest BCUT2D eigenvalue weighted by Crippen LogP contribution is 2.16. The third-order valence-electron chi connectivity index (χ3n) is 4.80. The third-order valence-corrected chi connectivity index (χ3v) is 6.62. The second kappa shape index (κ2) is 9.88. The van der Waals surface area contributed by atoms with Crippen LogP contribution in [0.5, 0.6) is 0 Å². The maximum atomic E-state index is 12.7. The lowest BCUT2D eigenvalue weighted by atomic mass is 10.1. The van der Waals surface area contributed by atoms with Crippen LogP contribution < -0.4 is 10.6 Å². The molecule has 2 heterocycles. The van der Waals surface area contributed by atoms with E-state index in [4.69, 9.17) is 9.15 Å². The van der Waals surface area contributed by atoms with Crippen molar-refractivity contribution in [1.82, 2.24) is 14.9 Å². The maximum Gasteiger partial charge on any atom is 0.255 e. The standard InChI is InChI=1S/C20H25N3O6S/c1-15(22-20(25)17-6-9-29-13-17)19(24)21-12-16-4-2-3-5-18(16)14-30(26,27)23-7-10-28-11-8-23/h2-6,9,13,15H,7-8,10-12,14H2,1H3,(H,21,24)(H,22,25). The Kier molecular flexibility index (Phi) is 7.24. The van der Waals surface area contributed by atoms with E-state index in [-0.39, 0.29) is 18.2 Å². The smallest absolute Gasteiger partial charge is 0.255 e. The Balaban J connectivity index is 1.59. The molecule has 0 bridgehead atoms. The second-order valence-corrected chi connectivity index (χ2v) is 8.93. The van der Waals surface area contributed by atoms with E-state index in [0.29, 0.717) is 43.0 Å². The molecule has 1 aromatic heterocycles. The predicted molar refractivity (Wildman–Crippen MR) is 109 cm³/mol. The van der Waals surface area contributed by atoms with Gasteiger partial charge in [0.25, 0.3) is 5.91 Å². The van der Waals surface area contributed by atoms with Crippen molar-refractivity contribution >= 4 is 21.8 Å². The lowest BCUT2D eigenvalue weighted by Crippen LogP contribution is -2.44. The number of carbonyl (C=O) groups excluding carboxylic acids is 2. The molecule has 162 valence electrons. The Morgan fingerprint density at radius 1 is 1.13 bits per heavy atom. The summed E-state index contributed by atoms with van der Waals surface area (Å²) >= 11 is 0. The van der Waals surface area contributed by atoms with Crippen molar-refractivity contribution in [1.29, 1.82) is 0 Å². The van der Waals surface area contributed by atoms with Crippen LogP contribution in [0.25, 0.3) is 0 Å². The summed E-state index contributed by atoms with van der Waals surface area (Å²) in [5, 5.41) is 5.34. The van der Waals surface area contributed by atoms with E-state index >= 15 is 0 Å². The number of nitrogens with one attached hydrogen (secondary N) is 2. The number of hydrogen-bond acceptors (Lipinski definition) is 6. The largest absolute Gasteiger partial charge is 0.472 e. The quantitative estimate of drug-likeness (QED) is 0.636. The molecule has 1 aromatic carbocycles. The average Bonchev–Trinajstić information content (AvgIpc) is 3.28. The molecule has 1 fully saturated rings. The number of carbonyl (C=O) groups is 2. The van der Waals surface area contributed by atoms with Gasteiger partial charge in [-0.05, 0) is 24.1 Å². The number of rotatable bonds is 8. The van der Waals surface area contributed by atoms with Crippen LogP contribution in [0.3, 0.4) is 0 Å². The summed E-state index contributed by atoms with van der Waals surface area (Å²) in [7, 11) is -3.48. The highest BCUT2D eigenvalue weighted by Gasteiger charge is 2.25. The number of sulfonamides is 1. The molecule has 0 aliphatic carbocycles. The fourth-order valence-electron chi connectivity index (χ4n) is 3.06. The Hall–Kier alpha value is -2.69. The molecule has 1 unspecified atom stereocenters. The Morgan fingerprint density at radius 2 is 1.83 bits per heavy atom. The van der Waals surface area contributed by atoms with Crippen molar-refractivity contribution in [2.75, 3.05) is 26.3 Å². The first-order valence-corrected chi connectivity index (χ1v) is 11.2. The van der Waals surface area contributed by atoms with Gasteiger partial charge in [-0.3, -0.25) is 9.59 Å². The van der Waals surface area contributed by atoms with Crippen LogP contribution in [0.15, 0.2) is 47.3 Å². The van der Waals surface area contributed by atoms with Crippen molar-refractivity contribution in [3.8, 4) is 0 Å². The fourth-order valence-corrected chi connectivity index (χ4v) is 4.62. The number of benzene rings is 1. The molecule has 2 aromatic rings. The van der Waals surface area contributed by atoms with Crippen molar-refractivity contribution < 1.29 is 27.2 Å². The highest BCUT2D eigenvalue weighted by molar-refractivity contribution is 7.88. The topological polar surface area (TPSA) is 118 Å². The SMILES string of the molecule is CC(NC(=O)c1ccoc1)C(=O)NCc1ccccc1CS(=O)(=O)N1CCOCC1. The van der Waals surface area contributed by atoms with Crippen LogP contribution >= 0.6 is 0 Å². The Labute approximate surface area is 175 Å². The molecule has 9 nitrogen and oxygen atoms in total. The molecule has 10 heteroatoms. The minimum Gasteiger partial charge on any atom is -0.472 e. The van der Waals surface area contributed by atoms with Gasteiger partial charge in [0.15, 0.2) is 0 Å². The zero-order valence-corrected chi connectivity index (χ0v) is 17.5. The molecule has 1 atom stereocenters. The minimum absolute atomic E-state index is 0.147. The summed E-state index contributed by atoms with van der Waals surface area (Å²) in [5.74, 6) is -0.938. The van der Waals surface area contributed by atoms with Crippen LogP contribution in [0, 0.1) is 0 Å². The van der Waals surface area contributed by atoms with Crippen LogP contribution in [-0.2, 0) is 31.9 Å². The Bertz CT molecular complexity index is 968. The first-order valence-electron chi connectivity index (χ1n) is 9.60. The van der Waals surface area contributed by atoms with Crippen molar-refractivity contribution in [3.63, 3.8) is 0 Å². The Morgan fingerprint density at radius 3 is 2.50 bits per heavy atom. The molecule has 1 aliphatic heterocycles. The highest BCUT2D eigenvalue weighted by atomic mass is 32.2. The normalized spacial score (nSPS) is 16.0. The van der Waals surface area contributed by atoms with Gasteiger partial charge in [0.1, 0.15) is 12.3 Å². The molecule has 0 radical (unpaired) electrons. The van der Waals surface area contributed by atoms with Crippen LogP contribution in [0.4, 0.5) is 0 Å². The lowest BCUT2D eigenvalue weighted by molar-refractivity contribution is -0.122. The molecule has 1 saturated heterocycles. The summed E-state index contributed by atoms with van der Waals surface area (Å²) in [4.78, 5) is 24.4. The van der Waals surface area contributed by atoms with Crippen molar-refractivity contribution in [2.24, 2.45) is 0 Å². The van der Waals surface area contributed by atoms with Crippen LogP contribution in [0.1, 0.15) is 28.4 Å². The molecule has 30 heavy (non-hydrogen) atoms. The zero-order valence-electron chi connectivity index (χ0n) is 16.7. The molecular formula is C20H25N3O6S. The van der Waals surface area contributed by atoms with Gasteiger partial charge in [-0.15, -0.1) is 0 Å². The van der Waals surface area contributed by atoms with Gasteiger partial charge in [0.05, 0.1) is 30.8 Å². The van der Waals surface area contributed by atoms with E-state index in [0.717, 1.165) is 0 Å². The van der Waals surface area contributed by atoms with E-state index in [2.05, 4.69) is 10.6 Å². The first kappa shape index (κ1) is 22.0. The van der Waals surface area contributed by atoms with Gasteiger partial charge in [0.2, 0.25) is 15.9 Å². The number of ether oxygens (including phenoxy) is 1. The monoisotopic (exact) mass is 435 g/mol. The molecule has 2 N–H and O–H groups in total. The number of furan rings is 1. The van der Waals surface area contributed by atoms with Gasteiger partial charge in [-0.2, -0.15) is 4.31 Å². The summed E-state index contributed by atoms with van der Waals surface area (Å²) in [6.45, 7) is 3.19. The van der Waals surface area contributed by atoms with Gasteiger partial charge < -0.3 is 19.8 Å². The lowest BCUT2D eigenvalue weighted by Gasteiger charge is -2.26. The molecule has 3 rings (SSSR count). The van der Waals surface area contributed by atoms with E-state index < -0.39 is 22.0 Å². The van der Waals surface area contributed by atoms with Gasteiger partial charge in [-0.25, -0.2) is 8.42 Å².